The number of nitrogens with one attached hydrogen (secondary N) is 1. The summed E-state index contributed by atoms with van der Waals surface area (Å²) in [7, 11) is -4.04. The van der Waals surface area contributed by atoms with Gasteiger partial charge in [0.15, 0.2) is 0 Å². The van der Waals surface area contributed by atoms with E-state index in [4.69, 9.17) is 0 Å². The maximum absolute atomic E-state index is 12.8. The Morgan fingerprint density at radius 3 is 2.52 bits per heavy atom. The molecule has 0 aliphatic rings. The highest BCUT2D eigenvalue weighted by molar-refractivity contribution is 7.90. The molecule has 5 nitrogen and oxygen atoms in total. The fourth-order valence-corrected chi connectivity index (χ4v) is 2.75. The van der Waals surface area contributed by atoms with Crippen molar-refractivity contribution in [3.63, 3.8) is 0 Å². The van der Waals surface area contributed by atoms with E-state index >= 15 is 0 Å². The summed E-state index contributed by atoms with van der Waals surface area (Å²) in [5.74, 6) is -1.29. The smallest absolute Gasteiger partial charge is 0.265 e. The summed E-state index contributed by atoms with van der Waals surface area (Å²) in [6, 6.07) is 5.68. The largest absolute Gasteiger partial charge is 0.268 e. The molecule has 1 aromatic carbocycles. The molecule has 1 heterocycles. The number of amides is 1. The fraction of sp³-hybridized carbons (Fsp3) is 0.143. The highest BCUT2D eigenvalue weighted by Gasteiger charge is 2.20. The van der Waals surface area contributed by atoms with Crippen LogP contribution in [-0.2, 0) is 16.4 Å². The predicted octanol–water partition coefficient (Wildman–Crippen LogP) is 1.90. The summed E-state index contributed by atoms with van der Waals surface area (Å²) in [6.07, 6.45) is 3.48. The van der Waals surface area contributed by atoms with E-state index in [0.29, 0.717) is 12.0 Å². The summed E-state index contributed by atoms with van der Waals surface area (Å²) < 4.78 is 38.9. The van der Waals surface area contributed by atoms with Crippen molar-refractivity contribution in [2.24, 2.45) is 0 Å². The Kier molecular flexibility index (Phi) is 4.32. The van der Waals surface area contributed by atoms with Gasteiger partial charge in [0.25, 0.3) is 15.9 Å². The Bertz CT molecular complexity index is 758. The highest BCUT2D eigenvalue weighted by atomic mass is 32.2. The van der Waals surface area contributed by atoms with Gasteiger partial charge < -0.3 is 0 Å². The van der Waals surface area contributed by atoms with Gasteiger partial charge in [-0.3, -0.25) is 9.78 Å². The number of hydrogen-bond donors (Lipinski definition) is 1. The summed E-state index contributed by atoms with van der Waals surface area (Å²) in [5, 5.41) is 0. The molecule has 0 saturated carbocycles. The first-order valence-electron chi connectivity index (χ1n) is 6.19. The first kappa shape index (κ1) is 15.1. The zero-order chi connectivity index (χ0) is 15.5. The van der Waals surface area contributed by atoms with Crippen molar-refractivity contribution in [2.45, 2.75) is 18.2 Å². The fourth-order valence-electron chi connectivity index (χ4n) is 1.78. The van der Waals surface area contributed by atoms with Gasteiger partial charge in [-0.25, -0.2) is 17.5 Å². The minimum atomic E-state index is -4.04. The topological polar surface area (TPSA) is 76.1 Å². The second-order valence-electron chi connectivity index (χ2n) is 4.27. The Balaban J connectivity index is 2.28. The number of rotatable bonds is 4. The number of benzene rings is 1. The van der Waals surface area contributed by atoms with Crippen LogP contribution < -0.4 is 4.72 Å². The van der Waals surface area contributed by atoms with Crippen LogP contribution in [0.5, 0.6) is 0 Å². The number of halogens is 1. The molecule has 110 valence electrons. The molecular weight excluding hydrogens is 295 g/mol. The van der Waals surface area contributed by atoms with E-state index in [1.807, 2.05) is 11.6 Å². The third-order valence-electron chi connectivity index (χ3n) is 2.88. The Labute approximate surface area is 121 Å². The lowest BCUT2D eigenvalue weighted by Crippen LogP contribution is -2.31. The standard InChI is InChI=1S/C14H13FN2O3S/c1-2-10-9-16-8-7-13(10)14(18)17-21(19,20)12-5-3-11(15)4-6-12/h3-9H,2H2,1H3,(H,17,18). The molecule has 0 aliphatic carbocycles. The molecule has 0 spiro atoms. The normalized spacial score (nSPS) is 11.1. The van der Waals surface area contributed by atoms with Gasteiger partial charge in [0.05, 0.1) is 4.90 Å². The molecule has 2 aromatic rings. The number of sulfonamides is 1. The van der Waals surface area contributed by atoms with Crippen LogP contribution in [0.3, 0.4) is 0 Å². The second kappa shape index (κ2) is 6.01. The molecule has 0 fully saturated rings. The van der Waals surface area contributed by atoms with E-state index in [-0.39, 0.29) is 10.5 Å². The molecule has 21 heavy (non-hydrogen) atoms. The second-order valence-corrected chi connectivity index (χ2v) is 5.96. The van der Waals surface area contributed by atoms with E-state index in [1.165, 1.54) is 18.5 Å². The molecule has 0 saturated heterocycles. The first-order valence-corrected chi connectivity index (χ1v) is 7.68. The van der Waals surface area contributed by atoms with Gasteiger partial charge in [0, 0.05) is 18.0 Å². The molecule has 1 N–H and O–H groups in total. The van der Waals surface area contributed by atoms with E-state index in [2.05, 4.69) is 4.98 Å². The van der Waals surface area contributed by atoms with E-state index in [9.17, 15) is 17.6 Å². The molecular formula is C14H13FN2O3S. The van der Waals surface area contributed by atoms with Crippen molar-refractivity contribution in [1.29, 1.82) is 0 Å². The molecule has 7 heteroatoms. The van der Waals surface area contributed by atoms with Crippen molar-refractivity contribution in [3.8, 4) is 0 Å². The predicted molar refractivity (Wildman–Crippen MR) is 74.7 cm³/mol. The van der Waals surface area contributed by atoms with Crippen LogP contribution in [-0.4, -0.2) is 19.3 Å². The van der Waals surface area contributed by atoms with Gasteiger partial charge in [-0.2, -0.15) is 0 Å². The van der Waals surface area contributed by atoms with Crippen LogP contribution in [0.2, 0.25) is 0 Å². The summed E-state index contributed by atoms with van der Waals surface area (Å²) >= 11 is 0. The lowest BCUT2D eigenvalue weighted by molar-refractivity contribution is 0.0980. The highest BCUT2D eigenvalue weighted by Crippen LogP contribution is 2.12. The van der Waals surface area contributed by atoms with E-state index in [1.54, 1.807) is 0 Å². The molecule has 2 rings (SSSR count). The minimum absolute atomic E-state index is 0.177. The van der Waals surface area contributed by atoms with Crippen molar-refractivity contribution in [2.75, 3.05) is 0 Å². The van der Waals surface area contributed by atoms with Crippen LogP contribution in [0.25, 0.3) is 0 Å². The summed E-state index contributed by atoms with van der Waals surface area (Å²) in [6.45, 7) is 1.84. The average molecular weight is 308 g/mol. The molecule has 0 radical (unpaired) electrons. The quantitative estimate of drug-likeness (QED) is 0.936. The summed E-state index contributed by atoms with van der Waals surface area (Å²) in [4.78, 5) is 15.8. The van der Waals surface area contributed by atoms with Crippen LogP contribution in [0.15, 0.2) is 47.6 Å². The van der Waals surface area contributed by atoms with Gasteiger partial charge in [0.1, 0.15) is 5.82 Å². The average Bonchev–Trinajstić information content (AvgIpc) is 2.47. The number of carbonyl (C=O) groups excluding carboxylic acids is 1. The van der Waals surface area contributed by atoms with E-state index in [0.717, 1.165) is 24.3 Å². The van der Waals surface area contributed by atoms with Gasteiger partial charge in [-0.1, -0.05) is 6.92 Å². The van der Waals surface area contributed by atoms with Gasteiger partial charge in [-0.15, -0.1) is 0 Å². The number of nitrogens with zero attached hydrogens (tertiary/aromatic N) is 1. The van der Waals surface area contributed by atoms with Gasteiger partial charge >= 0.3 is 0 Å². The summed E-state index contributed by atoms with van der Waals surface area (Å²) in [5.41, 5.74) is 0.891. The van der Waals surface area contributed by atoms with E-state index < -0.39 is 21.7 Å². The third-order valence-corrected chi connectivity index (χ3v) is 4.23. The SMILES string of the molecule is CCc1cnccc1C(=O)NS(=O)(=O)c1ccc(F)cc1. The molecule has 0 aliphatic heterocycles. The minimum Gasteiger partial charge on any atom is -0.268 e. The molecule has 1 amide bonds. The Morgan fingerprint density at radius 1 is 1.24 bits per heavy atom. The van der Waals surface area contributed by atoms with Crippen LogP contribution in [0.1, 0.15) is 22.8 Å². The lowest BCUT2D eigenvalue weighted by atomic mass is 10.1. The van der Waals surface area contributed by atoms with Crippen molar-refractivity contribution >= 4 is 15.9 Å². The molecule has 1 aromatic heterocycles. The zero-order valence-electron chi connectivity index (χ0n) is 11.2. The molecule has 0 bridgehead atoms. The molecule has 0 unspecified atom stereocenters. The van der Waals surface area contributed by atoms with Gasteiger partial charge in [0.2, 0.25) is 0 Å². The van der Waals surface area contributed by atoms with Gasteiger partial charge in [-0.05, 0) is 42.3 Å². The van der Waals surface area contributed by atoms with Crippen LogP contribution in [0.4, 0.5) is 4.39 Å². The monoisotopic (exact) mass is 308 g/mol. The van der Waals surface area contributed by atoms with Crippen molar-refractivity contribution in [3.05, 3.63) is 59.7 Å². The number of aromatic nitrogens is 1. The maximum atomic E-state index is 12.8. The Hall–Kier alpha value is -2.28. The van der Waals surface area contributed by atoms with Crippen LogP contribution >= 0.6 is 0 Å². The third kappa shape index (κ3) is 3.43. The zero-order valence-corrected chi connectivity index (χ0v) is 12.0. The number of hydrogen-bond acceptors (Lipinski definition) is 4. The van der Waals surface area contributed by atoms with Crippen molar-refractivity contribution < 1.29 is 17.6 Å². The Morgan fingerprint density at radius 2 is 1.90 bits per heavy atom. The number of carbonyl (C=O) groups is 1. The van der Waals surface area contributed by atoms with Crippen molar-refractivity contribution in [1.82, 2.24) is 9.71 Å². The maximum Gasteiger partial charge on any atom is 0.265 e. The number of aryl methyl sites for hydroxylation is 1. The first-order chi connectivity index (χ1) is 9.94. The molecule has 0 atom stereocenters. The van der Waals surface area contributed by atoms with Crippen LogP contribution in [0, 0.1) is 5.82 Å². The number of pyridine rings is 1. The lowest BCUT2D eigenvalue weighted by Gasteiger charge is -2.09.